The van der Waals surface area contributed by atoms with E-state index in [2.05, 4.69) is 48.8 Å². The summed E-state index contributed by atoms with van der Waals surface area (Å²) in [4.78, 5) is 14.3. The number of benzene rings is 1. The Morgan fingerprint density at radius 1 is 1.30 bits per heavy atom. The van der Waals surface area contributed by atoms with Gasteiger partial charge >= 0.3 is 0 Å². The Morgan fingerprint density at radius 3 is 2.90 bits per heavy atom. The molecule has 0 radical (unpaired) electrons. The Kier molecular flexibility index (Phi) is 5.68. The topological polar surface area (TPSA) is 29.1 Å². The van der Waals surface area contributed by atoms with Gasteiger partial charge < -0.3 is 5.32 Å². The second-order valence-corrected chi connectivity index (χ2v) is 6.79. The molecule has 0 saturated heterocycles. The number of nitrogens with one attached hydrogen (secondary N) is 1. The van der Waals surface area contributed by atoms with Crippen molar-refractivity contribution in [3.63, 3.8) is 0 Å². The average Bonchev–Trinajstić information content (AvgIpc) is 2.93. The quantitative estimate of drug-likeness (QED) is 0.822. The van der Waals surface area contributed by atoms with Gasteiger partial charge in [-0.05, 0) is 43.3 Å². The Balaban J connectivity index is 1.73. The predicted octanol–water partition coefficient (Wildman–Crippen LogP) is 3.82. The molecule has 0 unspecified atom stereocenters. The highest BCUT2D eigenvalue weighted by Crippen LogP contribution is 2.23. The van der Waals surface area contributed by atoms with E-state index >= 15 is 0 Å². The van der Waals surface area contributed by atoms with Crippen molar-refractivity contribution in [2.45, 2.75) is 25.2 Å². The lowest BCUT2D eigenvalue weighted by Gasteiger charge is -2.07. The number of carbonyl (C=O) groups excluding carboxylic acids is 1. The van der Waals surface area contributed by atoms with Crippen molar-refractivity contribution in [1.29, 1.82) is 0 Å². The van der Waals surface area contributed by atoms with Gasteiger partial charge in [-0.1, -0.05) is 23.8 Å². The zero-order valence-corrected chi connectivity index (χ0v) is 13.4. The van der Waals surface area contributed by atoms with Crippen LogP contribution in [0.3, 0.4) is 0 Å². The smallest absolute Gasteiger partial charge is 0.230 e. The first-order valence-electron chi connectivity index (χ1n) is 6.64. The second kappa shape index (κ2) is 7.50. The molecule has 20 heavy (non-hydrogen) atoms. The fraction of sp³-hybridized carbons (Fsp3) is 0.312. The van der Waals surface area contributed by atoms with Gasteiger partial charge in [-0.25, -0.2) is 0 Å². The van der Waals surface area contributed by atoms with Crippen LogP contribution in [0.2, 0.25) is 0 Å². The first-order valence-corrected chi connectivity index (χ1v) is 8.51. The molecule has 2 aromatic rings. The summed E-state index contributed by atoms with van der Waals surface area (Å²) in [6.07, 6.45) is 0.914. The van der Waals surface area contributed by atoms with Crippen LogP contribution in [-0.4, -0.2) is 18.2 Å². The van der Waals surface area contributed by atoms with Crippen LogP contribution in [0, 0.1) is 13.8 Å². The lowest BCUT2D eigenvalue weighted by molar-refractivity contribution is -0.118. The van der Waals surface area contributed by atoms with Crippen molar-refractivity contribution < 1.29 is 4.79 Å². The predicted molar refractivity (Wildman–Crippen MR) is 87.7 cm³/mol. The summed E-state index contributed by atoms with van der Waals surface area (Å²) in [5.74, 6) is 0.585. The SMILES string of the molecule is Cc1ccc(C)c(SCC(=O)NCCc2cccs2)c1. The van der Waals surface area contributed by atoms with Crippen LogP contribution in [0.1, 0.15) is 16.0 Å². The van der Waals surface area contributed by atoms with Crippen molar-refractivity contribution in [2.24, 2.45) is 0 Å². The first-order chi connectivity index (χ1) is 9.65. The molecule has 0 aliphatic carbocycles. The molecule has 106 valence electrons. The van der Waals surface area contributed by atoms with Crippen LogP contribution in [0.15, 0.2) is 40.6 Å². The van der Waals surface area contributed by atoms with Crippen LogP contribution < -0.4 is 5.32 Å². The highest BCUT2D eigenvalue weighted by atomic mass is 32.2. The molecule has 1 aromatic carbocycles. The van der Waals surface area contributed by atoms with Crippen LogP contribution in [-0.2, 0) is 11.2 Å². The Morgan fingerprint density at radius 2 is 2.15 bits per heavy atom. The number of hydrogen-bond acceptors (Lipinski definition) is 3. The zero-order valence-electron chi connectivity index (χ0n) is 11.8. The molecule has 0 bridgehead atoms. The highest BCUT2D eigenvalue weighted by molar-refractivity contribution is 8.00. The Hall–Kier alpha value is -1.26. The number of carbonyl (C=O) groups is 1. The monoisotopic (exact) mass is 305 g/mol. The lowest BCUT2D eigenvalue weighted by Crippen LogP contribution is -2.27. The van der Waals surface area contributed by atoms with E-state index in [1.165, 1.54) is 20.9 Å². The van der Waals surface area contributed by atoms with E-state index in [1.54, 1.807) is 23.1 Å². The van der Waals surface area contributed by atoms with Gasteiger partial charge in [-0.3, -0.25) is 4.79 Å². The third-order valence-corrected chi connectivity index (χ3v) is 5.07. The maximum atomic E-state index is 11.8. The number of amides is 1. The minimum absolute atomic E-state index is 0.104. The number of rotatable bonds is 6. The van der Waals surface area contributed by atoms with E-state index in [0.717, 1.165) is 6.42 Å². The fourth-order valence-electron chi connectivity index (χ4n) is 1.84. The molecule has 2 nitrogen and oxygen atoms in total. The van der Waals surface area contributed by atoms with Crippen molar-refractivity contribution >= 4 is 29.0 Å². The Labute approximate surface area is 128 Å². The van der Waals surface area contributed by atoms with Gasteiger partial charge in [-0.2, -0.15) is 0 Å². The summed E-state index contributed by atoms with van der Waals surface area (Å²) in [6.45, 7) is 4.87. The summed E-state index contributed by atoms with van der Waals surface area (Å²) in [7, 11) is 0. The largest absolute Gasteiger partial charge is 0.355 e. The normalized spacial score (nSPS) is 10.5. The van der Waals surface area contributed by atoms with E-state index in [-0.39, 0.29) is 5.91 Å². The van der Waals surface area contributed by atoms with Crippen LogP contribution in [0.5, 0.6) is 0 Å². The molecule has 0 atom stereocenters. The molecule has 0 spiro atoms. The third kappa shape index (κ3) is 4.69. The number of thioether (sulfide) groups is 1. The van der Waals surface area contributed by atoms with Gasteiger partial charge in [0.05, 0.1) is 5.75 Å². The molecule has 4 heteroatoms. The molecule has 1 amide bonds. The van der Waals surface area contributed by atoms with Crippen molar-refractivity contribution in [3.05, 3.63) is 51.7 Å². The lowest BCUT2D eigenvalue weighted by atomic mass is 10.2. The molecular weight excluding hydrogens is 286 g/mol. The molecular formula is C16H19NOS2. The van der Waals surface area contributed by atoms with Crippen molar-refractivity contribution in [2.75, 3.05) is 12.3 Å². The van der Waals surface area contributed by atoms with Gasteiger partial charge in [0.25, 0.3) is 0 Å². The Bertz CT molecular complexity index is 564. The number of hydrogen-bond donors (Lipinski definition) is 1. The van der Waals surface area contributed by atoms with E-state index in [9.17, 15) is 4.79 Å². The molecule has 2 rings (SSSR count). The van der Waals surface area contributed by atoms with Gasteiger partial charge in [0.15, 0.2) is 0 Å². The van der Waals surface area contributed by atoms with Gasteiger partial charge in [-0.15, -0.1) is 23.1 Å². The van der Waals surface area contributed by atoms with E-state index in [1.807, 2.05) is 6.07 Å². The van der Waals surface area contributed by atoms with Gasteiger partial charge in [0, 0.05) is 16.3 Å². The molecule has 0 saturated carbocycles. The third-order valence-electron chi connectivity index (χ3n) is 2.98. The summed E-state index contributed by atoms with van der Waals surface area (Å²) in [6, 6.07) is 10.5. The standard InChI is InChI=1S/C16H19NOS2/c1-12-5-6-13(2)15(10-12)20-11-16(18)17-8-7-14-4-3-9-19-14/h3-6,9-10H,7-8,11H2,1-2H3,(H,17,18). The average molecular weight is 305 g/mol. The second-order valence-electron chi connectivity index (χ2n) is 4.74. The van der Waals surface area contributed by atoms with E-state index in [4.69, 9.17) is 0 Å². The first kappa shape index (κ1) is 15.1. The number of thiophene rings is 1. The van der Waals surface area contributed by atoms with Crippen molar-refractivity contribution in [1.82, 2.24) is 5.32 Å². The number of aryl methyl sites for hydroxylation is 2. The van der Waals surface area contributed by atoms with Crippen LogP contribution >= 0.6 is 23.1 Å². The minimum Gasteiger partial charge on any atom is -0.355 e. The highest BCUT2D eigenvalue weighted by Gasteiger charge is 2.05. The maximum Gasteiger partial charge on any atom is 0.230 e. The minimum atomic E-state index is 0.104. The van der Waals surface area contributed by atoms with E-state index in [0.29, 0.717) is 12.3 Å². The molecule has 1 aromatic heterocycles. The summed E-state index contributed by atoms with van der Waals surface area (Å²) >= 11 is 3.34. The molecule has 0 fully saturated rings. The van der Waals surface area contributed by atoms with Crippen molar-refractivity contribution in [3.8, 4) is 0 Å². The van der Waals surface area contributed by atoms with Gasteiger partial charge in [0.2, 0.25) is 5.91 Å². The molecule has 1 N–H and O–H groups in total. The summed E-state index contributed by atoms with van der Waals surface area (Å²) in [5, 5.41) is 5.04. The molecule has 0 aliphatic heterocycles. The summed E-state index contributed by atoms with van der Waals surface area (Å²) in [5.41, 5.74) is 2.46. The summed E-state index contributed by atoms with van der Waals surface area (Å²) < 4.78 is 0. The maximum absolute atomic E-state index is 11.8. The fourth-order valence-corrected chi connectivity index (χ4v) is 3.50. The zero-order chi connectivity index (χ0) is 14.4. The van der Waals surface area contributed by atoms with Gasteiger partial charge in [0.1, 0.15) is 0 Å². The van der Waals surface area contributed by atoms with E-state index < -0.39 is 0 Å². The van der Waals surface area contributed by atoms with Crippen LogP contribution in [0.4, 0.5) is 0 Å². The van der Waals surface area contributed by atoms with Crippen LogP contribution in [0.25, 0.3) is 0 Å². The molecule has 1 heterocycles. The molecule has 0 aliphatic rings.